The summed E-state index contributed by atoms with van der Waals surface area (Å²) in [5.41, 5.74) is 0.496. The summed E-state index contributed by atoms with van der Waals surface area (Å²) in [6.45, 7) is 7.00. The summed E-state index contributed by atoms with van der Waals surface area (Å²) < 4.78 is 33.8. The van der Waals surface area contributed by atoms with Crippen molar-refractivity contribution in [3.63, 3.8) is 0 Å². The van der Waals surface area contributed by atoms with Crippen LogP contribution in [0.15, 0.2) is 59.8 Å². The fourth-order valence-electron chi connectivity index (χ4n) is 4.42. The minimum Gasteiger partial charge on any atom is -0.473 e. The summed E-state index contributed by atoms with van der Waals surface area (Å²) in [6.07, 6.45) is 2.52. The molecule has 4 rings (SSSR count). The van der Waals surface area contributed by atoms with E-state index in [0.29, 0.717) is 33.9 Å². The standard InChI is InChI=1S/C25H26Cl2N4O4S/c1-16-13-25(2,3)31(14-16)23-17(7-6-12-28-23)24(32)30-36(33,34)22-11-5-10-21(29-22)35-15-18-19(26)8-4-9-20(18)27/h4-12,16H,13-15H2,1-3H3,(H,30,32). The maximum absolute atomic E-state index is 13.1. The Balaban J connectivity index is 1.54. The second-order valence-corrected chi connectivity index (χ2v) is 11.8. The van der Waals surface area contributed by atoms with Gasteiger partial charge in [0.05, 0.1) is 5.56 Å². The first-order chi connectivity index (χ1) is 17.0. The lowest BCUT2D eigenvalue weighted by Crippen LogP contribution is -2.41. The number of hydrogen-bond donors (Lipinski definition) is 1. The van der Waals surface area contributed by atoms with E-state index in [1.165, 1.54) is 18.2 Å². The van der Waals surface area contributed by atoms with Gasteiger partial charge in [0.2, 0.25) is 5.88 Å². The summed E-state index contributed by atoms with van der Waals surface area (Å²) in [5.74, 6) is 0.107. The van der Waals surface area contributed by atoms with Crippen molar-refractivity contribution >= 4 is 45.0 Å². The fourth-order valence-corrected chi connectivity index (χ4v) is 5.85. The number of sulfonamides is 1. The topological polar surface area (TPSA) is 101 Å². The number of aromatic nitrogens is 2. The maximum Gasteiger partial charge on any atom is 0.281 e. The molecule has 1 aliphatic rings. The molecule has 1 atom stereocenters. The van der Waals surface area contributed by atoms with Gasteiger partial charge in [0.1, 0.15) is 12.4 Å². The van der Waals surface area contributed by atoms with Crippen molar-refractivity contribution in [2.45, 2.75) is 44.4 Å². The van der Waals surface area contributed by atoms with Crippen LogP contribution in [0.1, 0.15) is 43.1 Å². The summed E-state index contributed by atoms with van der Waals surface area (Å²) >= 11 is 12.3. The molecular weight excluding hydrogens is 523 g/mol. The van der Waals surface area contributed by atoms with Crippen LogP contribution in [0.2, 0.25) is 10.0 Å². The van der Waals surface area contributed by atoms with Gasteiger partial charge in [0.15, 0.2) is 5.03 Å². The van der Waals surface area contributed by atoms with Gasteiger partial charge in [0.25, 0.3) is 15.9 Å². The Morgan fingerprint density at radius 3 is 2.50 bits per heavy atom. The van der Waals surface area contributed by atoms with Crippen LogP contribution in [0, 0.1) is 5.92 Å². The molecule has 0 radical (unpaired) electrons. The van der Waals surface area contributed by atoms with Crippen molar-refractivity contribution in [3.8, 4) is 5.88 Å². The van der Waals surface area contributed by atoms with Gasteiger partial charge in [0, 0.05) is 40.0 Å². The van der Waals surface area contributed by atoms with Crippen LogP contribution in [-0.4, -0.2) is 36.4 Å². The summed E-state index contributed by atoms with van der Waals surface area (Å²) in [5, 5.41) is 0.474. The molecule has 1 amide bonds. The van der Waals surface area contributed by atoms with E-state index < -0.39 is 15.9 Å². The van der Waals surface area contributed by atoms with Crippen molar-refractivity contribution < 1.29 is 17.9 Å². The zero-order chi connectivity index (χ0) is 26.1. The van der Waals surface area contributed by atoms with Gasteiger partial charge in [-0.3, -0.25) is 4.79 Å². The van der Waals surface area contributed by atoms with Crippen LogP contribution < -0.4 is 14.4 Å². The van der Waals surface area contributed by atoms with Gasteiger partial charge in [-0.05, 0) is 56.5 Å². The Morgan fingerprint density at radius 1 is 1.14 bits per heavy atom. The molecule has 8 nitrogen and oxygen atoms in total. The van der Waals surface area contributed by atoms with Crippen molar-refractivity contribution in [2.75, 3.05) is 11.4 Å². The van der Waals surface area contributed by atoms with E-state index in [9.17, 15) is 13.2 Å². The second kappa shape index (κ2) is 10.2. The number of nitrogens with one attached hydrogen (secondary N) is 1. The molecule has 1 saturated heterocycles. The monoisotopic (exact) mass is 548 g/mol. The molecule has 190 valence electrons. The van der Waals surface area contributed by atoms with E-state index in [1.54, 1.807) is 36.5 Å². The fraction of sp³-hybridized carbons (Fsp3) is 0.320. The van der Waals surface area contributed by atoms with Crippen LogP contribution in [0.3, 0.4) is 0 Å². The number of anilines is 1. The molecule has 0 bridgehead atoms. The number of ether oxygens (including phenoxy) is 1. The predicted molar refractivity (Wildman–Crippen MR) is 139 cm³/mol. The van der Waals surface area contributed by atoms with E-state index in [0.717, 1.165) is 6.42 Å². The Bertz CT molecular complexity index is 1380. The first-order valence-electron chi connectivity index (χ1n) is 11.3. The van der Waals surface area contributed by atoms with E-state index in [1.807, 2.05) is 4.90 Å². The van der Waals surface area contributed by atoms with Crippen molar-refractivity contribution in [1.29, 1.82) is 0 Å². The molecule has 3 heterocycles. The number of benzene rings is 1. The molecule has 1 N–H and O–H groups in total. The predicted octanol–water partition coefficient (Wildman–Crippen LogP) is 5.11. The first-order valence-corrected chi connectivity index (χ1v) is 13.5. The first kappa shape index (κ1) is 26.2. The Morgan fingerprint density at radius 2 is 1.83 bits per heavy atom. The lowest BCUT2D eigenvalue weighted by Gasteiger charge is -2.33. The number of carbonyl (C=O) groups excluding carboxylic acids is 1. The van der Waals surface area contributed by atoms with Crippen LogP contribution in [0.5, 0.6) is 5.88 Å². The number of nitrogens with zero attached hydrogens (tertiary/aromatic N) is 3. The lowest BCUT2D eigenvalue weighted by atomic mass is 9.97. The van der Waals surface area contributed by atoms with Crippen molar-refractivity contribution in [1.82, 2.24) is 14.7 Å². The van der Waals surface area contributed by atoms with Crippen LogP contribution in [-0.2, 0) is 16.6 Å². The van der Waals surface area contributed by atoms with Crippen LogP contribution in [0.4, 0.5) is 5.82 Å². The summed E-state index contributed by atoms with van der Waals surface area (Å²) in [4.78, 5) is 23.6. The largest absolute Gasteiger partial charge is 0.473 e. The van der Waals surface area contributed by atoms with E-state index >= 15 is 0 Å². The highest BCUT2D eigenvalue weighted by Gasteiger charge is 2.39. The van der Waals surface area contributed by atoms with Crippen LogP contribution >= 0.6 is 23.2 Å². The maximum atomic E-state index is 13.1. The Kier molecular flexibility index (Phi) is 7.45. The van der Waals surface area contributed by atoms with Gasteiger partial charge < -0.3 is 9.64 Å². The molecule has 1 aliphatic heterocycles. The molecule has 1 fully saturated rings. The molecule has 11 heteroatoms. The number of pyridine rings is 2. The van der Waals surface area contributed by atoms with E-state index in [2.05, 4.69) is 35.5 Å². The SMILES string of the molecule is CC1CN(c2ncccc2C(=O)NS(=O)(=O)c2cccc(OCc3c(Cl)cccc3Cl)n2)C(C)(C)C1. The van der Waals surface area contributed by atoms with Gasteiger partial charge in [-0.15, -0.1) is 0 Å². The molecule has 0 aliphatic carbocycles. The number of rotatable bonds is 7. The number of amides is 1. The van der Waals surface area contributed by atoms with Gasteiger partial charge in [-0.2, -0.15) is 13.4 Å². The number of halogens is 2. The van der Waals surface area contributed by atoms with Crippen molar-refractivity contribution in [3.05, 3.63) is 75.9 Å². The average molecular weight is 549 g/mol. The third-order valence-corrected chi connectivity index (χ3v) is 7.93. The highest BCUT2D eigenvalue weighted by Crippen LogP contribution is 2.37. The third-order valence-electron chi connectivity index (χ3n) is 5.99. The highest BCUT2D eigenvalue weighted by molar-refractivity contribution is 7.90. The Hall–Kier alpha value is -2.88. The molecule has 1 unspecified atom stereocenters. The van der Waals surface area contributed by atoms with Crippen LogP contribution in [0.25, 0.3) is 0 Å². The zero-order valence-electron chi connectivity index (χ0n) is 20.0. The minimum atomic E-state index is -4.30. The van der Waals surface area contributed by atoms with Gasteiger partial charge >= 0.3 is 0 Å². The van der Waals surface area contributed by atoms with Gasteiger partial charge in [-0.25, -0.2) is 9.71 Å². The smallest absolute Gasteiger partial charge is 0.281 e. The average Bonchev–Trinajstić information content (AvgIpc) is 3.10. The number of hydrogen-bond acceptors (Lipinski definition) is 7. The summed E-state index contributed by atoms with van der Waals surface area (Å²) in [6, 6.07) is 12.5. The normalized spacial score (nSPS) is 17.1. The molecule has 36 heavy (non-hydrogen) atoms. The number of carbonyl (C=O) groups is 1. The summed E-state index contributed by atoms with van der Waals surface area (Å²) in [7, 11) is -4.30. The molecule has 2 aromatic heterocycles. The zero-order valence-corrected chi connectivity index (χ0v) is 22.4. The third kappa shape index (κ3) is 5.58. The lowest BCUT2D eigenvalue weighted by molar-refractivity contribution is 0.0981. The Labute approximate surface area is 220 Å². The highest BCUT2D eigenvalue weighted by atomic mass is 35.5. The molecule has 1 aromatic carbocycles. The minimum absolute atomic E-state index is 0.00947. The van der Waals surface area contributed by atoms with E-state index in [-0.39, 0.29) is 28.6 Å². The van der Waals surface area contributed by atoms with Crippen molar-refractivity contribution in [2.24, 2.45) is 5.92 Å². The second-order valence-electron chi connectivity index (χ2n) is 9.34. The van der Waals surface area contributed by atoms with E-state index in [4.69, 9.17) is 27.9 Å². The molecular formula is C25H26Cl2N4O4S. The van der Waals surface area contributed by atoms with Gasteiger partial charge in [-0.1, -0.05) is 42.3 Å². The molecule has 3 aromatic rings. The molecule has 0 saturated carbocycles. The molecule has 0 spiro atoms. The quantitative estimate of drug-likeness (QED) is 0.437.